The van der Waals surface area contributed by atoms with E-state index in [9.17, 15) is 14.1 Å². The second-order valence-corrected chi connectivity index (χ2v) is 9.46. The second-order valence-electron chi connectivity index (χ2n) is 6.54. The second kappa shape index (κ2) is 8.00. The quantitative estimate of drug-likeness (QED) is 0.760. The molecule has 9 heteroatoms. The zero-order valence-electron chi connectivity index (χ0n) is 15.3. The van der Waals surface area contributed by atoms with Crippen LogP contribution in [-0.4, -0.2) is 43.5 Å². The number of ketones is 1. The lowest BCUT2D eigenvalue weighted by atomic mass is 10.0. The van der Waals surface area contributed by atoms with Gasteiger partial charge >= 0.3 is 0 Å². The van der Waals surface area contributed by atoms with Gasteiger partial charge in [-0.1, -0.05) is 24.1 Å². The maximum absolute atomic E-state index is 13.1. The van der Waals surface area contributed by atoms with Gasteiger partial charge in [-0.3, -0.25) is 4.79 Å². The number of benzene rings is 1. The number of aryl methyl sites for hydroxylation is 1. The molecule has 2 heterocycles. The van der Waals surface area contributed by atoms with Crippen molar-refractivity contribution in [3.05, 3.63) is 40.0 Å². The van der Waals surface area contributed by atoms with E-state index in [0.29, 0.717) is 22.8 Å². The maximum Gasteiger partial charge on any atom is 0.220 e. The molecule has 3 rings (SSSR count). The summed E-state index contributed by atoms with van der Waals surface area (Å²) in [4.78, 5) is 12.9. The maximum atomic E-state index is 13.1. The summed E-state index contributed by atoms with van der Waals surface area (Å²) in [6.07, 6.45) is 4.06. The van der Waals surface area contributed by atoms with Crippen LogP contribution in [0.1, 0.15) is 40.7 Å². The van der Waals surface area contributed by atoms with Gasteiger partial charge in [0.05, 0.1) is 33.2 Å². The van der Waals surface area contributed by atoms with Gasteiger partial charge in [0.2, 0.25) is 11.7 Å². The molecule has 0 atom stereocenters. The third-order valence-corrected chi connectivity index (χ3v) is 7.33. The third kappa shape index (κ3) is 4.02. The number of rotatable bonds is 5. The number of hydrogen-bond acceptors (Lipinski definition) is 6. The van der Waals surface area contributed by atoms with Crippen molar-refractivity contribution in [2.24, 2.45) is 11.4 Å². The van der Waals surface area contributed by atoms with E-state index in [2.05, 4.69) is 9.46 Å². The smallest absolute Gasteiger partial charge is 0.220 e. The Morgan fingerprint density at radius 2 is 2.04 bits per heavy atom. The number of methoxy groups -OCH3 is 1. The molecule has 0 unspecified atom stereocenters. The Morgan fingerprint density at radius 1 is 1.33 bits per heavy atom. The van der Waals surface area contributed by atoms with Crippen molar-refractivity contribution >= 4 is 32.8 Å². The molecule has 0 bridgehead atoms. The SMILES string of the molecule is COCc1ccc(C(=O)c2cnn(C)c2O)c(Cl)c1N=S1(=O)CCCCC1. The molecular weight excluding hydrogens is 390 g/mol. The summed E-state index contributed by atoms with van der Waals surface area (Å²) in [5.74, 6) is 0.340. The zero-order valence-corrected chi connectivity index (χ0v) is 16.8. The number of ether oxygens (including phenoxy) is 1. The average molecular weight is 412 g/mol. The van der Waals surface area contributed by atoms with Gasteiger partial charge in [-0.05, 0) is 18.9 Å². The average Bonchev–Trinajstić information content (AvgIpc) is 2.97. The van der Waals surface area contributed by atoms with Gasteiger partial charge < -0.3 is 9.84 Å². The molecule has 0 spiro atoms. The summed E-state index contributed by atoms with van der Waals surface area (Å²) in [5.41, 5.74) is 1.23. The van der Waals surface area contributed by atoms with Gasteiger partial charge in [-0.2, -0.15) is 9.46 Å². The summed E-state index contributed by atoms with van der Waals surface area (Å²) in [6.45, 7) is 0.237. The Morgan fingerprint density at radius 3 is 2.63 bits per heavy atom. The highest BCUT2D eigenvalue weighted by molar-refractivity contribution is 7.93. The Hall–Kier alpha value is -1.90. The lowest BCUT2D eigenvalue weighted by Gasteiger charge is -2.17. The molecule has 1 N–H and O–H groups in total. The van der Waals surface area contributed by atoms with Gasteiger partial charge in [0.25, 0.3) is 0 Å². The summed E-state index contributed by atoms with van der Waals surface area (Å²) < 4.78 is 24.0. The Balaban J connectivity index is 2.13. The highest BCUT2D eigenvalue weighted by atomic mass is 35.5. The number of halogens is 1. The highest BCUT2D eigenvalue weighted by Crippen LogP contribution is 2.37. The van der Waals surface area contributed by atoms with Crippen LogP contribution < -0.4 is 0 Å². The lowest BCUT2D eigenvalue weighted by molar-refractivity contribution is 0.103. The highest BCUT2D eigenvalue weighted by Gasteiger charge is 2.24. The molecule has 0 aliphatic carbocycles. The predicted octanol–water partition coefficient (Wildman–Crippen LogP) is 3.44. The summed E-state index contributed by atoms with van der Waals surface area (Å²) in [5, 5.41) is 14.0. The van der Waals surface area contributed by atoms with Gasteiger partial charge in [-0.15, -0.1) is 0 Å². The van der Waals surface area contributed by atoms with E-state index < -0.39 is 15.5 Å². The van der Waals surface area contributed by atoms with Crippen molar-refractivity contribution in [3.8, 4) is 5.88 Å². The van der Waals surface area contributed by atoms with E-state index in [0.717, 1.165) is 19.3 Å². The van der Waals surface area contributed by atoms with Crippen LogP contribution in [0.2, 0.25) is 5.02 Å². The summed E-state index contributed by atoms with van der Waals surface area (Å²) in [6, 6.07) is 3.26. The van der Waals surface area contributed by atoms with Crippen molar-refractivity contribution in [3.63, 3.8) is 0 Å². The van der Waals surface area contributed by atoms with E-state index in [-0.39, 0.29) is 28.6 Å². The Kier molecular flexibility index (Phi) is 5.88. The van der Waals surface area contributed by atoms with Crippen LogP contribution in [0, 0.1) is 0 Å². The fourth-order valence-electron chi connectivity index (χ4n) is 3.08. The standard InChI is InChI=1S/C18H22ClN3O4S/c1-22-18(24)14(10-20-22)17(23)13-7-6-12(11-26-2)16(15(13)19)21-27(25)8-4-3-5-9-27/h6-7,10,24H,3-5,8-9,11H2,1-2H3. The van der Waals surface area contributed by atoms with Crippen LogP contribution in [0.15, 0.2) is 22.7 Å². The first-order valence-corrected chi connectivity index (χ1v) is 10.9. The molecule has 0 saturated carbocycles. The monoisotopic (exact) mass is 411 g/mol. The number of carbonyl (C=O) groups is 1. The van der Waals surface area contributed by atoms with E-state index in [1.165, 1.54) is 17.9 Å². The molecule has 7 nitrogen and oxygen atoms in total. The Bertz CT molecular complexity index is 981. The molecule has 1 fully saturated rings. The van der Waals surface area contributed by atoms with Crippen molar-refractivity contribution in [1.29, 1.82) is 0 Å². The van der Waals surface area contributed by atoms with Gasteiger partial charge in [0.1, 0.15) is 5.56 Å². The number of nitrogens with zero attached hydrogens (tertiary/aromatic N) is 3. The zero-order chi connectivity index (χ0) is 19.6. The molecule has 0 amide bonds. The molecule has 27 heavy (non-hydrogen) atoms. The lowest BCUT2D eigenvalue weighted by Crippen LogP contribution is -2.16. The molecule has 1 aliphatic rings. The van der Waals surface area contributed by atoms with Crippen LogP contribution in [0.3, 0.4) is 0 Å². The van der Waals surface area contributed by atoms with E-state index in [1.807, 2.05) is 0 Å². The molecule has 146 valence electrons. The van der Waals surface area contributed by atoms with E-state index in [4.69, 9.17) is 16.3 Å². The fraction of sp³-hybridized carbons (Fsp3) is 0.444. The number of aromatic hydroxyl groups is 1. The first-order valence-electron chi connectivity index (χ1n) is 8.65. The van der Waals surface area contributed by atoms with Crippen LogP contribution in [0.25, 0.3) is 0 Å². The fourth-order valence-corrected chi connectivity index (χ4v) is 5.68. The normalized spacial score (nSPS) is 16.3. The van der Waals surface area contributed by atoms with E-state index >= 15 is 0 Å². The predicted molar refractivity (Wildman–Crippen MR) is 104 cm³/mol. The molecule has 1 aromatic carbocycles. The van der Waals surface area contributed by atoms with Crippen molar-refractivity contribution in [2.45, 2.75) is 25.9 Å². The number of aromatic nitrogens is 2. The first kappa shape index (κ1) is 19.9. The molecule has 1 saturated heterocycles. The molecule has 1 aliphatic heterocycles. The molecule has 1 aromatic heterocycles. The number of carbonyl (C=O) groups excluding carboxylic acids is 1. The molecule has 2 aromatic rings. The number of hydrogen-bond donors (Lipinski definition) is 1. The minimum atomic E-state index is -2.41. The van der Waals surface area contributed by atoms with Gasteiger partial charge in [0.15, 0.2) is 0 Å². The van der Waals surface area contributed by atoms with Crippen molar-refractivity contribution < 1.29 is 18.8 Å². The van der Waals surface area contributed by atoms with Crippen LogP contribution in [0.4, 0.5) is 5.69 Å². The summed E-state index contributed by atoms with van der Waals surface area (Å²) >= 11 is 6.53. The topological polar surface area (TPSA) is 93.8 Å². The Labute approximate surface area is 163 Å². The first-order chi connectivity index (χ1) is 12.9. The van der Waals surface area contributed by atoms with Gasteiger partial charge in [0, 0.05) is 36.8 Å². The van der Waals surface area contributed by atoms with E-state index in [1.54, 1.807) is 19.2 Å². The van der Waals surface area contributed by atoms with Crippen molar-refractivity contribution in [1.82, 2.24) is 9.78 Å². The largest absolute Gasteiger partial charge is 0.493 e. The van der Waals surface area contributed by atoms with Crippen LogP contribution >= 0.6 is 11.6 Å². The van der Waals surface area contributed by atoms with Crippen LogP contribution in [-0.2, 0) is 28.1 Å². The van der Waals surface area contributed by atoms with Gasteiger partial charge in [-0.25, -0.2) is 8.89 Å². The summed E-state index contributed by atoms with van der Waals surface area (Å²) in [7, 11) is 0.668. The third-order valence-electron chi connectivity index (χ3n) is 4.58. The minimum absolute atomic E-state index is 0.0479. The molecular formula is C18H22ClN3O4S. The molecule has 0 radical (unpaired) electrons. The van der Waals surface area contributed by atoms with Crippen LogP contribution in [0.5, 0.6) is 5.88 Å². The minimum Gasteiger partial charge on any atom is -0.493 e. The van der Waals surface area contributed by atoms with Crippen molar-refractivity contribution in [2.75, 3.05) is 18.6 Å².